The Hall–Kier alpha value is -2.00. The summed E-state index contributed by atoms with van der Waals surface area (Å²) in [7, 11) is 0. The normalized spacial score (nSPS) is 31.4. The first-order chi connectivity index (χ1) is 15.1. The van der Waals surface area contributed by atoms with Gasteiger partial charge in [-0.3, -0.25) is 4.79 Å². The molecule has 4 fully saturated rings. The molecule has 0 saturated heterocycles. The number of carbonyl (C=O) groups excluding carboxylic acids is 1. The Balaban J connectivity index is 1.09. The van der Waals surface area contributed by atoms with Crippen LogP contribution in [0.2, 0.25) is 0 Å². The quantitative estimate of drug-likeness (QED) is 0.322. The molecule has 4 aliphatic rings. The Morgan fingerprint density at radius 3 is 2.16 bits per heavy atom. The summed E-state index contributed by atoms with van der Waals surface area (Å²) >= 11 is 1.68. The van der Waals surface area contributed by atoms with Crippen LogP contribution in [0.25, 0.3) is 21.5 Å². The average molecular weight is 431 g/mol. The van der Waals surface area contributed by atoms with Gasteiger partial charge < -0.3 is 4.74 Å². The topological polar surface area (TPSA) is 26.3 Å². The third-order valence-corrected chi connectivity index (χ3v) is 9.33. The van der Waals surface area contributed by atoms with Crippen LogP contribution in [0.15, 0.2) is 54.6 Å². The monoisotopic (exact) mass is 430 g/mol. The van der Waals surface area contributed by atoms with E-state index in [4.69, 9.17) is 4.74 Å². The fourth-order valence-corrected chi connectivity index (χ4v) is 7.64. The fourth-order valence-electron chi connectivity index (χ4n) is 6.89. The van der Waals surface area contributed by atoms with Crippen molar-refractivity contribution in [3.63, 3.8) is 0 Å². The van der Waals surface area contributed by atoms with Crippen LogP contribution in [0.3, 0.4) is 0 Å². The van der Waals surface area contributed by atoms with E-state index < -0.39 is 0 Å². The van der Waals surface area contributed by atoms with E-state index in [0.29, 0.717) is 17.6 Å². The maximum Gasteiger partial charge on any atom is 0.316 e. The molecule has 3 heteroatoms. The molecule has 0 heterocycles. The van der Waals surface area contributed by atoms with E-state index in [9.17, 15) is 4.79 Å². The number of hydrogen-bond donors (Lipinski definition) is 0. The van der Waals surface area contributed by atoms with E-state index in [0.717, 1.165) is 17.6 Å². The van der Waals surface area contributed by atoms with Gasteiger partial charge in [-0.05, 0) is 102 Å². The van der Waals surface area contributed by atoms with Gasteiger partial charge in [0, 0.05) is 5.75 Å². The van der Waals surface area contributed by atoms with Gasteiger partial charge in [-0.25, -0.2) is 0 Å². The Bertz CT molecular complexity index is 1120. The molecule has 4 saturated carbocycles. The Morgan fingerprint density at radius 1 is 0.871 bits per heavy atom. The fraction of sp³-hybridized carbons (Fsp3) is 0.464. The van der Waals surface area contributed by atoms with Crippen molar-refractivity contribution in [1.29, 1.82) is 0 Å². The molecule has 0 N–H and O–H groups in total. The van der Waals surface area contributed by atoms with E-state index in [1.807, 2.05) is 0 Å². The maximum atomic E-state index is 12.7. The largest absolute Gasteiger partial charge is 0.458 e. The van der Waals surface area contributed by atoms with Crippen molar-refractivity contribution in [3.8, 4) is 0 Å². The highest BCUT2D eigenvalue weighted by Gasteiger charge is 2.56. The lowest BCUT2D eigenvalue weighted by Crippen LogP contribution is -2.58. The van der Waals surface area contributed by atoms with Crippen LogP contribution in [0, 0.1) is 23.7 Å². The van der Waals surface area contributed by atoms with Crippen molar-refractivity contribution >= 4 is 39.3 Å². The molecule has 0 spiro atoms. The molecular formula is C28H30O2S. The summed E-state index contributed by atoms with van der Waals surface area (Å²) in [6.07, 6.45) is 6.52. The molecule has 0 atom stereocenters. The Morgan fingerprint density at radius 2 is 1.48 bits per heavy atom. The summed E-state index contributed by atoms with van der Waals surface area (Å²) in [6.45, 7) is 2.23. The first-order valence-electron chi connectivity index (χ1n) is 11.8. The summed E-state index contributed by atoms with van der Waals surface area (Å²) in [5, 5.41) is 5.08. The standard InChI is InChI=1S/C28H30O2S/c1-28(25-10-19-8-20(12-25)13-26(28)11-19)30-27(29)17-31-16-18-6-7-23-14-21-4-2-3-5-22(21)15-24(23)9-18/h2-7,9,14-15,19-20,25-26H,8,10-13,16-17H2,1H3. The Labute approximate surface area is 188 Å². The van der Waals surface area contributed by atoms with Gasteiger partial charge in [-0.1, -0.05) is 42.5 Å². The zero-order valence-electron chi connectivity index (χ0n) is 18.2. The zero-order valence-corrected chi connectivity index (χ0v) is 19.0. The number of benzene rings is 3. The molecule has 0 aromatic heterocycles. The van der Waals surface area contributed by atoms with E-state index in [-0.39, 0.29) is 11.6 Å². The van der Waals surface area contributed by atoms with Crippen LogP contribution < -0.4 is 0 Å². The van der Waals surface area contributed by atoms with Crippen molar-refractivity contribution in [2.45, 2.75) is 50.4 Å². The molecule has 3 aromatic rings. The van der Waals surface area contributed by atoms with Crippen LogP contribution in [-0.4, -0.2) is 17.3 Å². The summed E-state index contributed by atoms with van der Waals surface area (Å²) in [4.78, 5) is 12.7. The Kier molecular flexibility index (Phi) is 4.79. The average Bonchev–Trinajstić information content (AvgIpc) is 2.75. The van der Waals surface area contributed by atoms with Crippen LogP contribution >= 0.6 is 11.8 Å². The molecule has 3 aromatic carbocycles. The first kappa shape index (κ1) is 19.7. The van der Waals surface area contributed by atoms with Crippen molar-refractivity contribution in [3.05, 3.63) is 60.2 Å². The molecule has 0 amide bonds. The maximum absolute atomic E-state index is 12.7. The molecule has 0 aliphatic heterocycles. The van der Waals surface area contributed by atoms with Gasteiger partial charge in [0.2, 0.25) is 0 Å². The lowest BCUT2D eigenvalue weighted by atomic mass is 9.50. The predicted molar refractivity (Wildman–Crippen MR) is 129 cm³/mol. The number of carbonyl (C=O) groups is 1. The number of thioether (sulfide) groups is 1. The number of rotatable bonds is 5. The SMILES string of the molecule is CC1(OC(=O)CSCc2ccc3cc4ccccc4cc3c2)C2CC3CC(C2)CC1C3. The highest BCUT2D eigenvalue weighted by Crippen LogP contribution is 2.59. The molecular weight excluding hydrogens is 400 g/mol. The summed E-state index contributed by atoms with van der Waals surface area (Å²) < 4.78 is 6.21. The molecule has 160 valence electrons. The highest BCUT2D eigenvalue weighted by molar-refractivity contribution is 7.99. The van der Waals surface area contributed by atoms with Gasteiger partial charge in [0.15, 0.2) is 0 Å². The van der Waals surface area contributed by atoms with E-state index >= 15 is 0 Å². The van der Waals surface area contributed by atoms with Crippen LogP contribution in [0.1, 0.15) is 44.6 Å². The molecule has 4 bridgehead atoms. The van der Waals surface area contributed by atoms with Gasteiger partial charge >= 0.3 is 5.97 Å². The van der Waals surface area contributed by atoms with Gasteiger partial charge in [-0.15, -0.1) is 11.8 Å². The zero-order chi connectivity index (χ0) is 21.0. The van der Waals surface area contributed by atoms with E-state index in [1.165, 1.54) is 59.2 Å². The van der Waals surface area contributed by atoms with Crippen molar-refractivity contribution < 1.29 is 9.53 Å². The minimum absolute atomic E-state index is 0.0215. The molecule has 31 heavy (non-hydrogen) atoms. The van der Waals surface area contributed by atoms with Crippen LogP contribution in [0.4, 0.5) is 0 Å². The number of ether oxygens (including phenoxy) is 1. The molecule has 7 rings (SSSR count). The molecule has 2 nitrogen and oxygen atoms in total. The molecule has 0 unspecified atom stereocenters. The second-order valence-corrected chi connectivity index (χ2v) is 11.3. The summed E-state index contributed by atoms with van der Waals surface area (Å²) in [5.41, 5.74) is 1.05. The summed E-state index contributed by atoms with van der Waals surface area (Å²) in [5.74, 6) is 4.23. The second kappa shape index (κ2) is 7.55. The lowest BCUT2D eigenvalue weighted by molar-refractivity contribution is -0.200. The molecule has 0 radical (unpaired) electrons. The van der Waals surface area contributed by atoms with Crippen LogP contribution in [0.5, 0.6) is 0 Å². The van der Waals surface area contributed by atoms with Crippen molar-refractivity contribution in [2.24, 2.45) is 23.7 Å². The van der Waals surface area contributed by atoms with Gasteiger partial charge in [0.25, 0.3) is 0 Å². The second-order valence-electron chi connectivity index (χ2n) is 10.3. The first-order valence-corrected chi connectivity index (χ1v) is 12.9. The third-order valence-electron chi connectivity index (χ3n) is 8.35. The van der Waals surface area contributed by atoms with Gasteiger partial charge in [0.1, 0.15) is 5.60 Å². The van der Waals surface area contributed by atoms with Crippen LogP contribution in [-0.2, 0) is 15.3 Å². The van der Waals surface area contributed by atoms with Gasteiger partial charge in [0.05, 0.1) is 5.75 Å². The number of hydrogen-bond acceptors (Lipinski definition) is 3. The number of fused-ring (bicyclic) bond motifs is 2. The van der Waals surface area contributed by atoms with E-state index in [1.54, 1.807) is 11.8 Å². The smallest absolute Gasteiger partial charge is 0.316 e. The number of esters is 1. The van der Waals surface area contributed by atoms with E-state index in [2.05, 4.69) is 61.5 Å². The van der Waals surface area contributed by atoms with Crippen molar-refractivity contribution in [2.75, 3.05) is 5.75 Å². The summed E-state index contributed by atoms with van der Waals surface area (Å²) in [6, 6.07) is 19.7. The predicted octanol–water partition coefficient (Wildman–Crippen LogP) is 6.98. The lowest BCUT2D eigenvalue weighted by Gasteiger charge is -2.59. The van der Waals surface area contributed by atoms with Gasteiger partial charge in [-0.2, -0.15) is 0 Å². The highest BCUT2D eigenvalue weighted by atomic mass is 32.2. The minimum atomic E-state index is -0.213. The third kappa shape index (κ3) is 3.55. The molecule has 4 aliphatic carbocycles. The van der Waals surface area contributed by atoms with Crippen molar-refractivity contribution in [1.82, 2.24) is 0 Å². The minimum Gasteiger partial charge on any atom is -0.458 e.